The Kier molecular flexibility index (Phi) is 4.76. The van der Waals surface area contributed by atoms with Crippen molar-refractivity contribution in [2.75, 3.05) is 6.54 Å². The first-order chi connectivity index (χ1) is 9.87. The fourth-order valence-corrected chi connectivity index (χ4v) is 2.50. The van der Waals surface area contributed by atoms with Gasteiger partial charge in [-0.1, -0.05) is 12.7 Å². The fourth-order valence-electron chi connectivity index (χ4n) is 2.50. The second kappa shape index (κ2) is 6.37. The van der Waals surface area contributed by atoms with E-state index in [2.05, 4.69) is 6.58 Å². The zero-order chi connectivity index (χ0) is 15.5. The maximum Gasteiger partial charge on any atom is 0.414 e. The predicted molar refractivity (Wildman–Crippen MR) is 82.6 cm³/mol. The van der Waals surface area contributed by atoms with Gasteiger partial charge in [0.05, 0.1) is 12.6 Å². The Bertz CT molecular complexity index is 465. The van der Waals surface area contributed by atoms with Crippen LogP contribution in [-0.4, -0.2) is 29.2 Å². The molecule has 0 bridgehead atoms. The molecule has 1 aliphatic heterocycles. The molecule has 1 heterocycles. The van der Waals surface area contributed by atoms with Crippen LogP contribution in [0.25, 0.3) is 0 Å². The van der Waals surface area contributed by atoms with Crippen LogP contribution >= 0.6 is 0 Å². The van der Waals surface area contributed by atoms with E-state index in [0.717, 1.165) is 24.2 Å². The van der Waals surface area contributed by atoms with Crippen molar-refractivity contribution in [1.29, 1.82) is 0 Å². The van der Waals surface area contributed by atoms with Crippen LogP contribution in [0.2, 0.25) is 0 Å². The monoisotopic (exact) mass is 291 g/mol. The molecule has 2 rings (SSSR count). The van der Waals surface area contributed by atoms with Crippen LogP contribution in [0, 0.1) is 0 Å². The van der Waals surface area contributed by atoms with Crippen molar-refractivity contribution in [3.8, 4) is 0 Å². The van der Waals surface area contributed by atoms with E-state index in [9.17, 15) is 4.79 Å². The van der Waals surface area contributed by atoms with Gasteiger partial charge in [-0.25, -0.2) is 4.79 Å². The summed E-state index contributed by atoms with van der Waals surface area (Å²) in [4.78, 5) is 13.7. The van der Waals surface area contributed by atoms with Crippen LogP contribution in [0.5, 0.6) is 0 Å². The van der Waals surface area contributed by atoms with Crippen molar-refractivity contribution in [2.45, 2.75) is 58.2 Å². The first-order valence-corrected chi connectivity index (χ1v) is 7.58. The Morgan fingerprint density at radius 3 is 2.62 bits per heavy atom. The second-order valence-corrected chi connectivity index (χ2v) is 6.58. The first-order valence-electron chi connectivity index (χ1n) is 7.58. The standard InChI is InChI=1S/C17H25NO3/c1-5-13-10-15(20-14-8-6-7-9-14)12-18(11-13)16(19)21-17(2,3)4/h5,10-11,14H,1,6-9,12H2,2-4H3. The van der Waals surface area contributed by atoms with Crippen LogP contribution in [0.3, 0.4) is 0 Å². The van der Waals surface area contributed by atoms with Crippen LogP contribution < -0.4 is 0 Å². The molecule has 4 nitrogen and oxygen atoms in total. The second-order valence-electron chi connectivity index (χ2n) is 6.58. The van der Waals surface area contributed by atoms with E-state index < -0.39 is 5.60 Å². The molecular weight excluding hydrogens is 266 g/mol. The number of hydrogen-bond acceptors (Lipinski definition) is 3. The average molecular weight is 291 g/mol. The van der Waals surface area contributed by atoms with Crippen molar-refractivity contribution in [1.82, 2.24) is 4.90 Å². The van der Waals surface area contributed by atoms with Gasteiger partial charge in [0, 0.05) is 6.20 Å². The molecule has 0 aromatic rings. The summed E-state index contributed by atoms with van der Waals surface area (Å²) in [6.07, 6.45) is 9.97. The third-order valence-electron chi connectivity index (χ3n) is 3.44. The van der Waals surface area contributed by atoms with Crippen LogP contribution in [0.1, 0.15) is 46.5 Å². The zero-order valence-corrected chi connectivity index (χ0v) is 13.2. The quantitative estimate of drug-likeness (QED) is 0.784. The highest BCUT2D eigenvalue weighted by Gasteiger charge is 2.26. The minimum absolute atomic E-state index is 0.279. The summed E-state index contributed by atoms with van der Waals surface area (Å²) < 4.78 is 11.4. The summed E-state index contributed by atoms with van der Waals surface area (Å²) in [6.45, 7) is 9.77. The zero-order valence-electron chi connectivity index (χ0n) is 13.2. The Labute approximate surface area is 127 Å². The van der Waals surface area contributed by atoms with Gasteiger partial charge in [0.15, 0.2) is 0 Å². The van der Waals surface area contributed by atoms with E-state index in [0.29, 0.717) is 6.54 Å². The number of rotatable bonds is 3. The highest BCUT2D eigenvalue weighted by Crippen LogP contribution is 2.26. The number of amides is 1. The third-order valence-corrected chi connectivity index (χ3v) is 3.44. The van der Waals surface area contributed by atoms with Gasteiger partial charge in [-0.3, -0.25) is 4.90 Å². The molecule has 2 aliphatic rings. The van der Waals surface area contributed by atoms with Gasteiger partial charge in [0.2, 0.25) is 0 Å². The molecule has 1 amide bonds. The topological polar surface area (TPSA) is 38.8 Å². The van der Waals surface area contributed by atoms with Gasteiger partial charge >= 0.3 is 6.09 Å². The lowest BCUT2D eigenvalue weighted by molar-refractivity contribution is 0.0291. The Morgan fingerprint density at radius 2 is 2.05 bits per heavy atom. The van der Waals surface area contributed by atoms with Crippen LogP contribution in [-0.2, 0) is 9.47 Å². The minimum Gasteiger partial charge on any atom is -0.493 e. The highest BCUT2D eigenvalue weighted by molar-refractivity contribution is 5.70. The van der Waals surface area contributed by atoms with Gasteiger partial charge in [0.25, 0.3) is 0 Å². The molecular formula is C17H25NO3. The van der Waals surface area contributed by atoms with E-state index in [1.807, 2.05) is 26.8 Å². The summed E-state index contributed by atoms with van der Waals surface area (Å²) in [5, 5.41) is 0. The summed E-state index contributed by atoms with van der Waals surface area (Å²) in [5.41, 5.74) is 0.354. The Morgan fingerprint density at radius 1 is 1.38 bits per heavy atom. The van der Waals surface area contributed by atoms with Crippen molar-refractivity contribution in [2.24, 2.45) is 0 Å². The number of hydrogen-bond donors (Lipinski definition) is 0. The van der Waals surface area contributed by atoms with Crippen molar-refractivity contribution in [3.63, 3.8) is 0 Å². The maximum atomic E-state index is 12.2. The van der Waals surface area contributed by atoms with E-state index in [1.165, 1.54) is 12.8 Å². The maximum absolute atomic E-state index is 12.2. The fraction of sp³-hybridized carbons (Fsp3) is 0.588. The molecule has 0 saturated heterocycles. The Balaban J connectivity index is 2.04. The van der Waals surface area contributed by atoms with E-state index >= 15 is 0 Å². The molecule has 21 heavy (non-hydrogen) atoms. The molecule has 1 fully saturated rings. The normalized spacial score (nSPS) is 19.9. The van der Waals surface area contributed by atoms with E-state index in [1.54, 1.807) is 17.2 Å². The van der Waals surface area contributed by atoms with E-state index in [-0.39, 0.29) is 12.2 Å². The smallest absolute Gasteiger partial charge is 0.414 e. The van der Waals surface area contributed by atoms with Crippen molar-refractivity contribution >= 4 is 6.09 Å². The summed E-state index contributed by atoms with van der Waals surface area (Å²) in [6, 6.07) is 0. The lowest BCUT2D eigenvalue weighted by Crippen LogP contribution is -2.36. The van der Waals surface area contributed by atoms with E-state index in [4.69, 9.17) is 9.47 Å². The third kappa shape index (κ3) is 4.66. The highest BCUT2D eigenvalue weighted by atomic mass is 16.6. The molecule has 1 aliphatic carbocycles. The SMILES string of the molecule is C=CC1=CN(C(=O)OC(C)(C)C)CC(OC2CCCC2)=C1. The molecule has 0 atom stereocenters. The van der Waals surface area contributed by atoms with Gasteiger partial charge in [0.1, 0.15) is 11.4 Å². The van der Waals surface area contributed by atoms with Crippen LogP contribution in [0.15, 0.2) is 36.3 Å². The van der Waals surface area contributed by atoms with Gasteiger partial charge in [-0.15, -0.1) is 0 Å². The Hall–Kier alpha value is -1.71. The molecule has 0 unspecified atom stereocenters. The van der Waals surface area contributed by atoms with Gasteiger partial charge < -0.3 is 9.47 Å². The summed E-state index contributed by atoms with van der Waals surface area (Å²) in [7, 11) is 0. The van der Waals surface area contributed by atoms with Gasteiger partial charge in [-0.2, -0.15) is 0 Å². The number of nitrogens with zero attached hydrogens (tertiary/aromatic N) is 1. The summed E-state index contributed by atoms with van der Waals surface area (Å²) >= 11 is 0. The molecule has 0 aromatic carbocycles. The predicted octanol–water partition coefficient (Wildman–Crippen LogP) is 4.15. The molecule has 1 saturated carbocycles. The summed E-state index contributed by atoms with van der Waals surface area (Å²) in [5.74, 6) is 0.810. The molecule has 0 radical (unpaired) electrons. The van der Waals surface area contributed by atoms with Crippen molar-refractivity contribution < 1.29 is 14.3 Å². The average Bonchev–Trinajstić information content (AvgIpc) is 2.89. The molecule has 116 valence electrons. The first kappa shape index (κ1) is 15.7. The molecule has 4 heteroatoms. The van der Waals surface area contributed by atoms with Crippen molar-refractivity contribution in [3.05, 3.63) is 36.3 Å². The van der Waals surface area contributed by atoms with Gasteiger partial charge in [-0.05, 0) is 58.1 Å². The number of allylic oxidation sites excluding steroid dienone is 3. The minimum atomic E-state index is -0.507. The van der Waals surface area contributed by atoms with Crippen LogP contribution in [0.4, 0.5) is 4.79 Å². The molecule has 0 aromatic heterocycles. The number of carbonyl (C=O) groups excluding carboxylic acids is 1. The number of carbonyl (C=O) groups is 1. The molecule has 0 N–H and O–H groups in total. The lowest BCUT2D eigenvalue weighted by Gasteiger charge is -2.29. The lowest BCUT2D eigenvalue weighted by atomic mass is 10.2. The number of ether oxygens (including phenoxy) is 2. The molecule has 0 spiro atoms. The largest absolute Gasteiger partial charge is 0.493 e.